The molecule has 124 valence electrons. The zero-order chi connectivity index (χ0) is 17.1. The molecule has 10 heteroatoms. The Morgan fingerprint density at radius 3 is 3.00 bits per heavy atom. The number of ether oxygens (including phenoxy) is 1. The number of fused-ring (bicyclic) bond motifs is 1. The van der Waals surface area contributed by atoms with Gasteiger partial charge < -0.3 is 20.4 Å². The molecule has 3 heterocycles. The quantitative estimate of drug-likeness (QED) is 0.625. The van der Waals surface area contributed by atoms with Crippen LogP contribution >= 0.6 is 11.6 Å². The molecule has 0 unspecified atom stereocenters. The summed E-state index contributed by atoms with van der Waals surface area (Å²) in [4.78, 5) is 11.7. The summed E-state index contributed by atoms with van der Waals surface area (Å²) in [7, 11) is 3.35. The molecule has 24 heavy (non-hydrogen) atoms. The van der Waals surface area contributed by atoms with Gasteiger partial charge in [-0.25, -0.2) is 4.68 Å². The smallest absolute Gasteiger partial charge is 0.231 e. The third-order valence-electron chi connectivity index (χ3n) is 3.42. The van der Waals surface area contributed by atoms with E-state index in [1.807, 2.05) is 0 Å². The van der Waals surface area contributed by atoms with Crippen LogP contribution in [0.4, 0.5) is 17.5 Å². The summed E-state index contributed by atoms with van der Waals surface area (Å²) in [6, 6.07) is 2.11. The highest BCUT2D eigenvalue weighted by Gasteiger charge is 2.15. The summed E-state index contributed by atoms with van der Waals surface area (Å²) in [5.41, 5.74) is 1.61. The summed E-state index contributed by atoms with van der Waals surface area (Å²) < 4.78 is 6.63. The largest absolute Gasteiger partial charge is 0.383 e. The molecule has 0 amide bonds. The van der Waals surface area contributed by atoms with Gasteiger partial charge in [0, 0.05) is 20.4 Å². The van der Waals surface area contributed by atoms with Crippen LogP contribution in [0.5, 0.6) is 0 Å². The number of aromatic nitrogens is 5. The van der Waals surface area contributed by atoms with E-state index in [4.69, 9.17) is 21.6 Å². The summed E-state index contributed by atoms with van der Waals surface area (Å²) in [6.07, 6.45) is 3.19. The molecule has 0 aliphatic rings. The SMILES string of the molecule is CNc1nc(Nc2cnn(CCOC)c2Cl)nc2[nH]cc(C#N)c12. The van der Waals surface area contributed by atoms with Crippen LogP contribution in [-0.4, -0.2) is 45.5 Å². The summed E-state index contributed by atoms with van der Waals surface area (Å²) >= 11 is 6.29. The predicted molar refractivity (Wildman–Crippen MR) is 90.5 cm³/mol. The molecule has 3 aromatic rings. The van der Waals surface area contributed by atoms with Gasteiger partial charge in [0.05, 0.1) is 36.0 Å². The van der Waals surface area contributed by atoms with Crippen LogP contribution in [0, 0.1) is 11.3 Å². The van der Waals surface area contributed by atoms with E-state index in [0.29, 0.717) is 52.4 Å². The topological polar surface area (TPSA) is 116 Å². The lowest BCUT2D eigenvalue weighted by molar-refractivity contribution is 0.183. The molecule has 0 aliphatic carbocycles. The Hall–Kier alpha value is -2.83. The fourth-order valence-corrected chi connectivity index (χ4v) is 2.49. The number of nitriles is 1. The Morgan fingerprint density at radius 1 is 1.46 bits per heavy atom. The molecular weight excluding hydrogens is 332 g/mol. The van der Waals surface area contributed by atoms with Gasteiger partial charge in [0.25, 0.3) is 0 Å². The Labute approximate surface area is 142 Å². The van der Waals surface area contributed by atoms with Crippen molar-refractivity contribution in [1.29, 1.82) is 5.26 Å². The zero-order valence-electron chi connectivity index (χ0n) is 13.1. The number of anilines is 3. The number of halogens is 1. The molecule has 0 aromatic carbocycles. The molecule has 3 aromatic heterocycles. The highest BCUT2D eigenvalue weighted by molar-refractivity contribution is 6.32. The first-order chi connectivity index (χ1) is 11.7. The Kier molecular flexibility index (Phi) is 4.50. The van der Waals surface area contributed by atoms with Crippen molar-refractivity contribution in [2.45, 2.75) is 6.54 Å². The lowest BCUT2D eigenvalue weighted by atomic mass is 10.2. The molecule has 0 radical (unpaired) electrons. The molecule has 0 spiro atoms. The number of methoxy groups -OCH3 is 1. The molecule has 0 bridgehead atoms. The van der Waals surface area contributed by atoms with Crippen molar-refractivity contribution in [3.63, 3.8) is 0 Å². The normalized spacial score (nSPS) is 10.8. The lowest BCUT2D eigenvalue weighted by Gasteiger charge is -2.07. The second kappa shape index (κ2) is 6.74. The molecule has 3 rings (SSSR count). The van der Waals surface area contributed by atoms with Gasteiger partial charge in [0.1, 0.15) is 17.5 Å². The first kappa shape index (κ1) is 16.0. The van der Waals surface area contributed by atoms with E-state index in [1.165, 1.54) is 0 Å². The van der Waals surface area contributed by atoms with Crippen LogP contribution < -0.4 is 10.6 Å². The molecule has 3 N–H and O–H groups in total. The van der Waals surface area contributed by atoms with Gasteiger partial charge in [0.2, 0.25) is 5.95 Å². The molecule has 0 atom stereocenters. The first-order valence-corrected chi connectivity index (χ1v) is 7.50. The van der Waals surface area contributed by atoms with Crippen molar-refractivity contribution < 1.29 is 4.74 Å². The average Bonchev–Trinajstić information content (AvgIpc) is 3.16. The van der Waals surface area contributed by atoms with Crippen LogP contribution in [0.25, 0.3) is 11.0 Å². The molecular formula is C14H15ClN8O. The Balaban J connectivity index is 1.94. The number of aromatic amines is 1. The maximum Gasteiger partial charge on any atom is 0.231 e. The highest BCUT2D eigenvalue weighted by atomic mass is 35.5. The summed E-state index contributed by atoms with van der Waals surface area (Å²) in [6.45, 7) is 1.05. The van der Waals surface area contributed by atoms with Gasteiger partial charge in [-0.1, -0.05) is 11.6 Å². The number of nitrogens with one attached hydrogen (secondary N) is 3. The standard InChI is InChI=1S/C14H15ClN8O/c1-17-12-10-8(5-16)6-18-13(10)22-14(21-12)20-9-7-19-23(11(9)15)3-4-24-2/h6-7H,3-4H2,1-2H3,(H3,17,18,20,21,22). The van der Waals surface area contributed by atoms with Crippen LogP contribution in [0.1, 0.15) is 5.56 Å². The van der Waals surface area contributed by atoms with Crippen molar-refractivity contribution in [3.8, 4) is 6.07 Å². The van der Waals surface area contributed by atoms with Crippen molar-refractivity contribution in [2.24, 2.45) is 0 Å². The number of hydrogen-bond donors (Lipinski definition) is 3. The molecule has 0 fully saturated rings. The minimum absolute atomic E-state index is 0.339. The molecule has 0 saturated carbocycles. The summed E-state index contributed by atoms with van der Waals surface area (Å²) in [5.74, 6) is 0.884. The van der Waals surface area contributed by atoms with Gasteiger partial charge in [-0.05, 0) is 0 Å². The number of H-pyrrole nitrogens is 1. The van der Waals surface area contributed by atoms with Crippen LogP contribution in [0.15, 0.2) is 12.4 Å². The third-order valence-corrected chi connectivity index (χ3v) is 3.82. The van der Waals surface area contributed by atoms with E-state index >= 15 is 0 Å². The van der Waals surface area contributed by atoms with E-state index in [1.54, 1.807) is 31.2 Å². The molecule has 0 aliphatic heterocycles. The molecule has 9 nitrogen and oxygen atoms in total. The van der Waals surface area contributed by atoms with Crippen LogP contribution in [-0.2, 0) is 11.3 Å². The van der Waals surface area contributed by atoms with Gasteiger partial charge in [-0.15, -0.1) is 0 Å². The van der Waals surface area contributed by atoms with Gasteiger partial charge in [-0.2, -0.15) is 20.3 Å². The maximum atomic E-state index is 9.15. The number of nitrogens with zero attached hydrogens (tertiary/aromatic N) is 5. The van der Waals surface area contributed by atoms with Crippen molar-refractivity contribution in [1.82, 2.24) is 24.7 Å². The third kappa shape index (κ3) is 2.84. The van der Waals surface area contributed by atoms with E-state index in [0.717, 1.165) is 0 Å². The number of rotatable bonds is 6. The second-order valence-electron chi connectivity index (χ2n) is 4.87. The fraction of sp³-hybridized carbons (Fsp3) is 0.286. The molecule has 0 saturated heterocycles. The van der Waals surface area contributed by atoms with Crippen molar-refractivity contribution in [2.75, 3.05) is 31.4 Å². The Bertz CT molecular complexity index is 910. The minimum Gasteiger partial charge on any atom is -0.383 e. The predicted octanol–water partition coefficient (Wildman–Crippen LogP) is 2.11. The van der Waals surface area contributed by atoms with E-state index < -0.39 is 0 Å². The highest BCUT2D eigenvalue weighted by Crippen LogP contribution is 2.28. The Morgan fingerprint density at radius 2 is 2.29 bits per heavy atom. The second-order valence-corrected chi connectivity index (χ2v) is 5.23. The summed E-state index contributed by atoms with van der Waals surface area (Å²) in [5, 5.41) is 20.4. The lowest BCUT2D eigenvalue weighted by Crippen LogP contribution is -2.06. The fourth-order valence-electron chi connectivity index (χ4n) is 2.27. The van der Waals surface area contributed by atoms with Crippen LogP contribution in [0.3, 0.4) is 0 Å². The van der Waals surface area contributed by atoms with E-state index in [2.05, 4.69) is 36.8 Å². The van der Waals surface area contributed by atoms with E-state index in [9.17, 15) is 0 Å². The van der Waals surface area contributed by atoms with Gasteiger partial charge in [-0.3, -0.25) is 0 Å². The van der Waals surface area contributed by atoms with Crippen molar-refractivity contribution in [3.05, 3.63) is 23.1 Å². The van der Waals surface area contributed by atoms with Gasteiger partial charge >= 0.3 is 0 Å². The average molecular weight is 347 g/mol. The minimum atomic E-state index is 0.339. The zero-order valence-corrected chi connectivity index (χ0v) is 13.8. The van der Waals surface area contributed by atoms with E-state index in [-0.39, 0.29) is 0 Å². The van der Waals surface area contributed by atoms with Gasteiger partial charge in [0.15, 0.2) is 5.15 Å². The van der Waals surface area contributed by atoms with Crippen LogP contribution in [0.2, 0.25) is 5.15 Å². The number of hydrogen-bond acceptors (Lipinski definition) is 7. The maximum absolute atomic E-state index is 9.15. The monoisotopic (exact) mass is 346 g/mol. The first-order valence-electron chi connectivity index (χ1n) is 7.12. The van der Waals surface area contributed by atoms with Crippen molar-refractivity contribution >= 4 is 40.1 Å².